The monoisotopic (exact) mass is 362 g/mol. The van der Waals surface area contributed by atoms with E-state index in [1.165, 1.54) is 0 Å². The molecular weight excluding hydrogens is 353 g/mol. The van der Waals surface area contributed by atoms with E-state index in [1.807, 2.05) is 30.3 Å². The maximum atomic E-state index is 5.07. The van der Waals surface area contributed by atoms with Crippen LogP contribution >= 0.6 is 12.2 Å². The molecule has 0 saturated heterocycles. The van der Waals surface area contributed by atoms with E-state index in [2.05, 4.69) is 10.7 Å². The van der Waals surface area contributed by atoms with Crippen LogP contribution in [0.1, 0.15) is 0 Å². The number of nitrogens with two attached hydrogens (primary N) is 1. The second-order valence-electron chi connectivity index (χ2n) is 1.96. The van der Waals surface area contributed by atoms with E-state index in [-0.39, 0.29) is 21.1 Å². The molecule has 1 aromatic carbocycles. The summed E-state index contributed by atoms with van der Waals surface area (Å²) in [5.41, 5.74) is 3.26. The number of benzene rings is 1. The van der Waals surface area contributed by atoms with Gasteiger partial charge < -0.3 is 10.7 Å². The van der Waals surface area contributed by atoms with Gasteiger partial charge in [-0.2, -0.15) is 0 Å². The maximum absolute atomic E-state index is 5.07. The summed E-state index contributed by atoms with van der Waals surface area (Å²) >= 11 is 4.79. The fourth-order valence-electron chi connectivity index (χ4n) is 0.689. The Morgan fingerprint density at radius 2 is 1.83 bits per heavy atom. The van der Waals surface area contributed by atoms with Crippen molar-refractivity contribution in [2.75, 3.05) is 5.32 Å². The van der Waals surface area contributed by atoms with E-state index in [0.29, 0.717) is 5.11 Å². The van der Waals surface area contributed by atoms with Crippen LogP contribution in [0.15, 0.2) is 30.3 Å². The second-order valence-corrected chi connectivity index (χ2v) is 2.37. The molecule has 0 atom stereocenters. The Morgan fingerprint density at radius 1 is 1.25 bits per heavy atom. The van der Waals surface area contributed by atoms with Crippen molar-refractivity contribution in [2.45, 2.75) is 0 Å². The Bertz CT molecular complexity index is 240. The minimum atomic E-state index is 0. The number of hydrazine groups is 1. The summed E-state index contributed by atoms with van der Waals surface area (Å²) in [5, 5.41) is 3.30. The van der Waals surface area contributed by atoms with Gasteiger partial charge in [0.15, 0.2) is 5.11 Å². The zero-order valence-electron chi connectivity index (χ0n) is 6.19. The average Bonchev–Trinajstić information content (AvgIpc) is 2.06. The molecule has 0 unspecified atom stereocenters. The number of para-hydroxylation sites is 1. The van der Waals surface area contributed by atoms with Gasteiger partial charge in [0.2, 0.25) is 0 Å². The third kappa shape index (κ3) is 3.81. The summed E-state index contributed by atoms with van der Waals surface area (Å²) in [7, 11) is 0. The molecule has 1 rings (SSSR count). The molecule has 0 heterocycles. The molecule has 0 aliphatic carbocycles. The van der Waals surface area contributed by atoms with E-state index in [0.717, 1.165) is 5.69 Å². The van der Waals surface area contributed by atoms with Crippen molar-refractivity contribution in [1.82, 2.24) is 5.43 Å². The molecule has 4 N–H and O–H groups in total. The molecule has 0 bridgehead atoms. The average molecular weight is 362 g/mol. The van der Waals surface area contributed by atoms with Gasteiger partial charge in [0, 0.05) is 26.8 Å². The van der Waals surface area contributed by atoms with Crippen LogP contribution in [0, 0.1) is 0 Å². The van der Waals surface area contributed by atoms with Gasteiger partial charge in [-0.05, 0) is 24.4 Å². The SMILES string of the molecule is NNC(=S)Nc1ccccc1.[Pt]. The summed E-state index contributed by atoms with van der Waals surface area (Å²) in [4.78, 5) is 0. The molecule has 0 aliphatic heterocycles. The molecule has 12 heavy (non-hydrogen) atoms. The van der Waals surface area contributed by atoms with Crippen LogP contribution in [-0.4, -0.2) is 5.11 Å². The fourth-order valence-corrected chi connectivity index (χ4v) is 0.807. The zero-order chi connectivity index (χ0) is 8.10. The smallest absolute Gasteiger partial charge is 0.185 e. The Labute approximate surface area is 91.0 Å². The first kappa shape index (κ1) is 11.6. The number of hydrogen-bond donors (Lipinski definition) is 3. The van der Waals surface area contributed by atoms with E-state index >= 15 is 0 Å². The summed E-state index contributed by atoms with van der Waals surface area (Å²) in [6.45, 7) is 0. The maximum Gasteiger partial charge on any atom is 0.185 e. The molecule has 3 nitrogen and oxygen atoms in total. The third-order valence-corrected chi connectivity index (χ3v) is 1.38. The first-order valence-corrected chi connectivity index (χ1v) is 3.56. The molecular formula is C7H9N3PtS. The summed E-state index contributed by atoms with van der Waals surface area (Å²) in [5.74, 6) is 5.07. The number of rotatable bonds is 1. The van der Waals surface area contributed by atoms with Crippen molar-refractivity contribution < 1.29 is 21.1 Å². The molecule has 68 valence electrons. The zero-order valence-corrected chi connectivity index (χ0v) is 9.28. The molecule has 0 saturated carbocycles. The summed E-state index contributed by atoms with van der Waals surface area (Å²) in [6, 6.07) is 9.58. The van der Waals surface area contributed by atoms with Gasteiger partial charge in [-0.1, -0.05) is 18.2 Å². The van der Waals surface area contributed by atoms with Crippen LogP contribution in [-0.2, 0) is 21.1 Å². The number of hydrogen-bond acceptors (Lipinski definition) is 2. The minimum absolute atomic E-state index is 0. The van der Waals surface area contributed by atoms with Crippen molar-refractivity contribution >= 4 is 23.0 Å². The molecule has 0 aliphatic rings. The predicted octanol–water partition coefficient (Wildman–Crippen LogP) is 0.844. The Morgan fingerprint density at radius 3 is 2.33 bits per heavy atom. The largest absolute Gasteiger partial charge is 0.332 e. The summed E-state index contributed by atoms with van der Waals surface area (Å²) in [6.07, 6.45) is 0. The second kappa shape index (κ2) is 6.12. The molecule has 1 aromatic rings. The molecule has 0 spiro atoms. The van der Waals surface area contributed by atoms with Crippen LogP contribution in [0.2, 0.25) is 0 Å². The Hall–Kier alpha value is -0.442. The molecule has 0 radical (unpaired) electrons. The van der Waals surface area contributed by atoms with E-state index < -0.39 is 0 Å². The van der Waals surface area contributed by atoms with Gasteiger partial charge in [0.05, 0.1) is 0 Å². The van der Waals surface area contributed by atoms with Crippen molar-refractivity contribution in [1.29, 1.82) is 0 Å². The first-order chi connectivity index (χ1) is 5.33. The van der Waals surface area contributed by atoms with Crippen LogP contribution in [0.5, 0.6) is 0 Å². The quantitative estimate of drug-likeness (QED) is 0.394. The van der Waals surface area contributed by atoms with Crippen molar-refractivity contribution in [3.05, 3.63) is 30.3 Å². The summed E-state index contributed by atoms with van der Waals surface area (Å²) < 4.78 is 0. The van der Waals surface area contributed by atoms with E-state index in [1.54, 1.807) is 0 Å². The molecule has 0 aromatic heterocycles. The number of thiocarbonyl (C=S) groups is 1. The van der Waals surface area contributed by atoms with Crippen molar-refractivity contribution in [3.63, 3.8) is 0 Å². The normalized spacial score (nSPS) is 8.08. The van der Waals surface area contributed by atoms with E-state index in [9.17, 15) is 0 Å². The topological polar surface area (TPSA) is 50.1 Å². The standard InChI is InChI=1S/C7H9N3S.Pt/c8-10-7(11)9-6-4-2-1-3-5-6;/h1-5H,8H2,(H2,9,10,11);. The molecule has 0 fully saturated rings. The number of nitrogens with one attached hydrogen (secondary N) is 2. The van der Waals surface area contributed by atoms with Gasteiger partial charge in [-0.3, -0.25) is 0 Å². The van der Waals surface area contributed by atoms with Crippen molar-refractivity contribution in [3.8, 4) is 0 Å². The minimum Gasteiger partial charge on any atom is -0.332 e. The predicted molar refractivity (Wildman–Crippen MR) is 50.0 cm³/mol. The third-order valence-electron chi connectivity index (χ3n) is 1.16. The Kier molecular flexibility index (Phi) is 5.89. The van der Waals surface area contributed by atoms with Crippen LogP contribution < -0.4 is 16.6 Å². The van der Waals surface area contributed by atoms with Crippen LogP contribution in [0.4, 0.5) is 5.69 Å². The molecule has 0 amide bonds. The Balaban J connectivity index is 0.00000121. The number of anilines is 1. The van der Waals surface area contributed by atoms with Gasteiger partial charge in [0.25, 0.3) is 0 Å². The van der Waals surface area contributed by atoms with Gasteiger partial charge in [-0.25, -0.2) is 5.84 Å². The van der Waals surface area contributed by atoms with Crippen LogP contribution in [0.3, 0.4) is 0 Å². The fraction of sp³-hybridized carbons (Fsp3) is 0. The van der Waals surface area contributed by atoms with E-state index in [4.69, 9.17) is 18.1 Å². The van der Waals surface area contributed by atoms with Crippen LogP contribution in [0.25, 0.3) is 0 Å². The van der Waals surface area contributed by atoms with Gasteiger partial charge in [-0.15, -0.1) is 0 Å². The van der Waals surface area contributed by atoms with Gasteiger partial charge >= 0.3 is 0 Å². The van der Waals surface area contributed by atoms with Crippen molar-refractivity contribution in [2.24, 2.45) is 5.84 Å². The first-order valence-electron chi connectivity index (χ1n) is 3.15. The molecule has 5 heteroatoms. The van der Waals surface area contributed by atoms with Gasteiger partial charge in [0.1, 0.15) is 0 Å².